The number of halogens is 1. The van der Waals surface area contributed by atoms with Gasteiger partial charge in [0.2, 0.25) is 5.24 Å². The van der Waals surface area contributed by atoms with Crippen LogP contribution in [0.25, 0.3) is 10.4 Å². The van der Waals surface area contributed by atoms with Crippen molar-refractivity contribution in [1.29, 1.82) is 0 Å². The molecular formula is C13H11ClOS. The molecule has 82 valence electrons. The molecule has 0 aliphatic heterocycles. The van der Waals surface area contributed by atoms with E-state index in [4.69, 9.17) is 11.6 Å². The van der Waals surface area contributed by atoms with Gasteiger partial charge in [0.1, 0.15) is 0 Å². The summed E-state index contributed by atoms with van der Waals surface area (Å²) >= 11 is 7.17. The van der Waals surface area contributed by atoms with Crippen LogP contribution in [0, 0.1) is 6.92 Å². The molecular weight excluding hydrogens is 240 g/mol. The van der Waals surface area contributed by atoms with Gasteiger partial charge in [-0.1, -0.05) is 24.3 Å². The monoisotopic (exact) mass is 250 g/mol. The van der Waals surface area contributed by atoms with Crippen molar-refractivity contribution in [3.8, 4) is 10.4 Å². The van der Waals surface area contributed by atoms with Crippen molar-refractivity contribution in [3.05, 3.63) is 46.8 Å². The van der Waals surface area contributed by atoms with E-state index in [-0.39, 0.29) is 11.7 Å². The SMILES string of the molecule is Cc1ccc(-c2ccccc2CC(=O)Cl)s1. The van der Waals surface area contributed by atoms with Gasteiger partial charge >= 0.3 is 0 Å². The molecule has 1 heterocycles. The Balaban J connectivity index is 2.43. The summed E-state index contributed by atoms with van der Waals surface area (Å²) in [5, 5.41) is -0.319. The number of benzene rings is 1. The molecule has 0 fully saturated rings. The Morgan fingerprint density at radius 2 is 2.00 bits per heavy atom. The van der Waals surface area contributed by atoms with Crippen molar-refractivity contribution < 1.29 is 4.79 Å². The Labute approximate surface area is 104 Å². The second kappa shape index (κ2) is 4.81. The molecule has 2 rings (SSSR count). The number of carbonyl (C=O) groups is 1. The zero-order valence-corrected chi connectivity index (χ0v) is 10.4. The minimum Gasteiger partial charge on any atom is -0.281 e. The van der Waals surface area contributed by atoms with Crippen LogP contribution in [-0.2, 0) is 11.2 Å². The quantitative estimate of drug-likeness (QED) is 0.752. The lowest BCUT2D eigenvalue weighted by Crippen LogP contribution is -1.95. The number of carbonyl (C=O) groups excluding carboxylic acids is 1. The van der Waals surface area contributed by atoms with E-state index in [2.05, 4.69) is 19.1 Å². The van der Waals surface area contributed by atoms with Crippen molar-refractivity contribution >= 4 is 28.2 Å². The third-order valence-electron chi connectivity index (χ3n) is 2.35. The molecule has 0 radical (unpaired) electrons. The molecule has 0 aliphatic carbocycles. The number of thiophene rings is 1. The number of hydrogen-bond donors (Lipinski definition) is 0. The maximum Gasteiger partial charge on any atom is 0.226 e. The van der Waals surface area contributed by atoms with Crippen molar-refractivity contribution in [3.63, 3.8) is 0 Å². The van der Waals surface area contributed by atoms with Gasteiger partial charge in [-0.25, -0.2) is 0 Å². The molecule has 0 saturated heterocycles. The standard InChI is InChI=1S/C13H11ClOS/c1-9-6-7-12(16-9)11-5-3-2-4-10(11)8-13(14)15/h2-7H,8H2,1H3. The van der Waals surface area contributed by atoms with Crippen LogP contribution < -0.4 is 0 Å². The first-order valence-corrected chi connectivity index (χ1v) is 6.19. The van der Waals surface area contributed by atoms with Gasteiger partial charge in [-0.3, -0.25) is 4.79 Å². The summed E-state index contributed by atoms with van der Waals surface area (Å²) in [6, 6.07) is 12.0. The average Bonchev–Trinajstić information content (AvgIpc) is 2.65. The van der Waals surface area contributed by atoms with E-state index in [1.54, 1.807) is 11.3 Å². The van der Waals surface area contributed by atoms with E-state index in [1.807, 2.05) is 24.3 Å². The minimum absolute atomic E-state index is 0.286. The number of rotatable bonds is 3. The van der Waals surface area contributed by atoms with Crippen LogP contribution in [-0.4, -0.2) is 5.24 Å². The van der Waals surface area contributed by atoms with Crippen LogP contribution in [0.3, 0.4) is 0 Å². The third kappa shape index (κ3) is 2.52. The molecule has 2 aromatic rings. The summed E-state index contributed by atoms with van der Waals surface area (Å²) in [7, 11) is 0. The number of hydrogen-bond acceptors (Lipinski definition) is 2. The van der Waals surface area contributed by atoms with Gasteiger partial charge in [0.05, 0.1) is 0 Å². The molecule has 0 unspecified atom stereocenters. The second-order valence-corrected chi connectivity index (χ2v) is 5.31. The molecule has 0 saturated carbocycles. The van der Waals surface area contributed by atoms with Crippen LogP contribution in [0.15, 0.2) is 36.4 Å². The highest BCUT2D eigenvalue weighted by molar-refractivity contribution is 7.15. The van der Waals surface area contributed by atoms with Crippen LogP contribution in [0.2, 0.25) is 0 Å². The molecule has 0 bridgehead atoms. The largest absolute Gasteiger partial charge is 0.281 e. The lowest BCUT2D eigenvalue weighted by molar-refractivity contribution is -0.111. The summed E-state index contributed by atoms with van der Waals surface area (Å²) in [6.07, 6.45) is 0.286. The molecule has 0 spiro atoms. The summed E-state index contributed by atoms with van der Waals surface area (Å²) < 4.78 is 0. The fraction of sp³-hybridized carbons (Fsp3) is 0.154. The van der Waals surface area contributed by atoms with Gasteiger partial charge < -0.3 is 0 Å². The molecule has 1 aromatic heterocycles. The van der Waals surface area contributed by atoms with E-state index in [0.29, 0.717) is 0 Å². The Morgan fingerprint density at radius 3 is 2.62 bits per heavy atom. The maximum absolute atomic E-state index is 11.0. The van der Waals surface area contributed by atoms with E-state index < -0.39 is 0 Å². The number of aryl methyl sites for hydroxylation is 1. The summed E-state index contributed by atoms with van der Waals surface area (Å²) in [6.45, 7) is 2.07. The summed E-state index contributed by atoms with van der Waals surface area (Å²) in [5.41, 5.74) is 2.10. The summed E-state index contributed by atoms with van der Waals surface area (Å²) in [4.78, 5) is 13.4. The van der Waals surface area contributed by atoms with Crippen LogP contribution >= 0.6 is 22.9 Å². The second-order valence-electron chi connectivity index (χ2n) is 3.60. The third-order valence-corrected chi connectivity index (χ3v) is 3.52. The van der Waals surface area contributed by atoms with E-state index >= 15 is 0 Å². The van der Waals surface area contributed by atoms with E-state index in [1.165, 1.54) is 9.75 Å². The highest BCUT2D eigenvalue weighted by Crippen LogP contribution is 2.30. The van der Waals surface area contributed by atoms with Gasteiger partial charge in [0.15, 0.2) is 0 Å². The topological polar surface area (TPSA) is 17.1 Å². The smallest absolute Gasteiger partial charge is 0.226 e. The molecule has 1 aromatic carbocycles. The molecule has 16 heavy (non-hydrogen) atoms. The fourth-order valence-electron chi connectivity index (χ4n) is 1.64. The first-order chi connectivity index (χ1) is 7.66. The Kier molecular flexibility index (Phi) is 3.42. The molecule has 1 nitrogen and oxygen atoms in total. The maximum atomic E-state index is 11.0. The molecule has 3 heteroatoms. The zero-order valence-electron chi connectivity index (χ0n) is 8.87. The lowest BCUT2D eigenvalue weighted by atomic mass is 10.0. The summed E-state index contributed by atoms with van der Waals surface area (Å²) in [5.74, 6) is 0. The zero-order chi connectivity index (χ0) is 11.5. The Morgan fingerprint density at radius 1 is 1.25 bits per heavy atom. The van der Waals surface area contributed by atoms with Crippen molar-refractivity contribution in [2.45, 2.75) is 13.3 Å². The normalized spacial score (nSPS) is 10.4. The molecule has 0 aliphatic rings. The van der Waals surface area contributed by atoms with Crippen LogP contribution in [0.5, 0.6) is 0 Å². The van der Waals surface area contributed by atoms with Crippen LogP contribution in [0.4, 0.5) is 0 Å². The van der Waals surface area contributed by atoms with Crippen molar-refractivity contribution in [1.82, 2.24) is 0 Å². The minimum atomic E-state index is -0.319. The first-order valence-electron chi connectivity index (χ1n) is 5.00. The molecule has 0 amide bonds. The van der Waals surface area contributed by atoms with Gasteiger partial charge in [0.25, 0.3) is 0 Å². The van der Waals surface area contributed by atoms with E-state index in [0.717, 1.165) is 11.1 Å². The highest BCUT2D eigenvalue weighted by Gasteiger charge is 2.08. The van der Waals surface area contributed by atoms with Gasteiger partial charge in [-0.15, -0.1) is 11.3 Å². The molecule has 0 atom stereocenters. The Hall–Kier alpha value is -1.12. The van der Waals surface area contributed by atoms with Crippen LogP contribution in [0.1, 0.15) is 10.4 Å². The predicted molar refractivity (Wildman–Crippen MR) is 69.1 cm³/mol. The highest BCUT2D eigenvalue weighted by atomic mass is 35.5. The van der Waals surface area contributed by atoms with E-state index in [9.17, 15) is 4.79 Å². The Bertz CT molecular complexity index is 516. The van der Waals surface area contributed by atoms with Gasteiger partial charge in [-0.05, 0) is 41.8 Å². The van der Waals surface area contributed by atoms with Gasteiger partial charge in [0, 0.05) is 16.2 Å². The molecule has 0 N–H and O–H groups in total. The first kappa shape index (κ1) is 11.4. The van der Waals surface area contributed by atoms with Crippen molar-refractivity contribution in [2.24, 2.45) is 0 Å². The van der Waals surface area contributed by atoms with Crippen molar-refractivity contribution in [2.75, 3.05) is 0 Å². The van der Waals surface area contributed by atoms with Gasteiger partial charge in [-0.2, -0.15) is 0 Å². The predicted octanol–water partition coefficient (Wildman–Crippen LogP) is 4.03. The lowest BCUT2D eigenvalue weighted by Gasteiger charge is -2.04. The fourth-order valence-corrected chi connectivity index (χ4v) is 2.72. The average molecular weight is 251 g/mol.